The van der Waals surface area contributed by atoms with E-state index in [1.165, 1.54) is 17.7 Å². The number of aliphatic carboxylic acids is 1. The highest BCUT2D eigenvalue weighted by Gasteiger charge is 2.22. The first-order valence-corrected chi connectivity index (χ1v) is 18.4. The van der Waals surface area contributed by atoms with Crippen LogP contribution in [0.25, 0.3) is 0 Å². The minimum atomic E-state index is -1.07. The Bertz CT molecular complexity index is 1870. The van der Waals surface area contributed by atoms with E-state index in [-0.39, 0.29) is 28.3 Å². The number of aliphatic hydroxyl groups excluding tert-OH is 1. The number of phenolic OH excluding ortho intramolecular Hbond substituents is 1. The molecular weight excluding hydrogens is 762 g/mol. The van der Waals surface area contributed by atoms with Crippen LogP contribution in [-0.4, -0.2) is 46.1 Å². The van der Waals surface area contributed by atoms with Crippen LogP contribution in [0, 0.1) is 6.92 Å². The number of ether oxygens (including phenoxy) is 3. The van der Waals surface area contributed by atoms with E-state index in [0.29, 0.717) is 45.0 Å². The molecule has 4 aromatic carbocycles. The monoisotopic (exact) mass is 806 g/mol. The van der Waals surface area contributed by atoms with Crippen LogP contribution in [-0.2, 0) is 20.7 Å². The second kappa shape index (κ2) is 19.1. The summed E-state index contributed by atoms with van der Waals surface area (Å²) in [5, 5.41) is 30.8. The molecule has 0 amide bonds. The number of carbonyl (C=O) groups is 2. The third-order valence-corrected chi connectivity index (χ3v) is 9.22. The lowest BCUT2D eigenvalue weighted by Gasteiger charge is -2.20. The standard InChI is InChI=1S/C23H28Cl2O4.C18H18Cl2O4/c1-13(2)17-9-15(8-7-14(17)3)22(27)21-18(24)10-16(11-19(21)25)28-12-20(26)29-23(4,5)6;1-10(2)13-5-11(3-4-17(13)21)6-14-15(19)7-12(8-16(14)20)24-9-18(22)23/h7-11,13,22,27H,12H2,1-6H3;3-5,7-8,10,21H,6,9H2,1-2H3,(H,22,23). The molecule has 0 spiro atoms. The molecule has 0 heterocycles. The van der Waals surface area contributed by atoms with Crippen molar-refractivity contribution >= 4 is 58.3 Å². The summed E-state index contributed by atoms with van der Waals surface area (Å²) >= 11 is 25.3. The van der Waals surface area contributed by atoms with Crippen LogP contribution in [0.15, 0.2) is 60.7 Å². The Morgan fingerprint density at radius 1 is 0.736 bits per heavy atom. The molecule has 4 aromatic rings. The second-order valence-corrected chi connectivity index (χ2v) is 15.8. The zero-order chi connectivity index (χ0) is 39.8. The largest absolute Gasteiger partial charge is 0.508 e. The molecule has 286 valence electrons. The third-order valence-electron chi connectivity index (χ3n) is 7.92. The van der Waals surface area contributed by atoms with Gasteiger partial charge in [-0.05, 0) is 103 Å². The number of aryl methyl sites for hydroxylation is 1. The number of esters is 1. The van der Waals surface area contributed by atoms with Gasteiger partial charge in [0.1, 0.15) is 29.0 Å². The molecule has 0 fully saturated rings. The summed E-state index contributed by atoms with van der Waals surface area (Å²) in [5.41, 5.74) is 5.40. The van der Waals surface area contributed by atoms with Crippen LogP contribution >= 0.6 is 46.4 Å². The molecule has 8 nitrogen and oxygen atoms in total. The molecule has 1 atom stereocenters. The number of carbonyl (C=O) groups excluding carboxylic acids is 1. The van der Waals surface area contributed by atoms with Crippen LogP contribution < -0.4 is 9.47 Å². The Kier molecular flexibility index (Phi) is 15.8. The third kappa shape index (κ3) is 13.0. The minimum absolute atomic E-state index is 0.197. The summed E-state index contributed by atoms with van der Waals surface area (Å²) < 4.78 is 15.8. The van der Waals surface area contributed by atoms with Gasteiger partial charge in [-0.25, -0.2) is 9.59 Å². The van der Waals surface area contributed by atoms with E-state index in [4.69, 9.17) is 65.7 Å². The van der Waals surface area contributed by atoms with E-state index < -0.39 is 30.3 Å². The maximum absolute atomic E-state index is 11.8. The zero-order valence-electron chi connectivity index (χ0n) is 31.0. The topological polar surface area (TPSA) is 123 Å². The van der Waals surface area contributed by atoms with Crippen molar-refractivity contribution in [2.45, 2.75) is 85.4 Å². The molecule has 4 rings (SSSR count). The normalized spacial score (nSPS) is 11.9. The Labute approximate surface area is 331 Å². The molecule has 0 saturated heterocycles. The maximum atomic E-state index is 11.8. The average molecular weight is 809 g/mol. The molecule has 0 saturated carbocycles. The Hall–Kier alpha value is -3.66. The Morgan fingerprint density at radius 2 is 1.26 bits per heavy atom. The lowest BCUT2D eigenvalue weighted by Crippen LogP contribution is -2.27. The van der Waals surface area contributed by atoms with Crippen LogP contribution in [0.2, 0.25) is 20.1 Å². The Balaban J connectivity index is 0.000000290. The van der Waals surface area contributed by atoms with Gasteiger partial charge in [0.05, 0.1) is 10.0 Å². The van der Waals surface area contributed by atoms with Gasteiger partial charge >= 0.3 is 11.9 Å². The summed E-state index contributed by atoms with van der Waals surface area (Å²) in [7, 11) is 0. The van der Waals surface area contributed by atoms with Gasteiger partial charge in [-0.2, -0.15) is 0 Å². The molecule has 0 aromatic heterocycles. The average Bonchev–Trinajstić information content (AvgIpc) is 3.04. The van der Waals surface area contributed by atoms with Crippen molar-refractivity contribution in [1.29, 1.82) is 0 Å². The quantitative estimate of drug-likeness (QED) is 0.121. The van der Waals surface area contributed by atoms with Crippen LogP contribution in [0.5, 0.6) is 17.2 Å². The first-order chi connectivity index (χ1) is 24.7. The van der Waals surface area contributed by atoms with Gasteiger partial charge in [0.25, 0.3) is 0 Å². The fourth-order valence-electron chi connectivity index (χ4n) is 5.39. The van der Waals surface area contributed by atoms with E-state index in [9.17, 15) is 19.8 Å². The number of rotatable bonds is 12. The molecular formula is C41H46Cl4O8. The Morgan fingerprint density at radius 3 is 1.77 bits per heavy atom. The molecule has 0 bridgehead atoms. The maximum Gasteiger partial charge on any atom is 0.344 e. The van der Waals surface area contributed by atoms with E-state index in [1.54, 1.807) is 39.0 Å². The number of hydrogen-bond acceptors (Lipinski definition) is 7. The number of halogens is 4. The summed E-state index contributed by atoms with van der Waals surface area (Å²) in [4.78, 5) is 22.4. The molecule has 0 aliphatic carbocycles. The van der Waals surface area contributed by atoms with Crippen molar-refractivity contribution < 1.29 is 39.1 Å². The first kappa shape index (κ1) is 43.7. The van der Waals surface area contributed by atoms with Crippen LogP contribution in [0.3, 0.4) is 0 Å². The van der Waals surface area contributed by atoms with Gasteiger partial charge in [0.15, 0.2) is 13.2 Å². The number of phenols is 1. The van der Waals surface area contributed by atoms with Gasteiger partial charge in [-0.15, -0.1) is 0 Å². The first-order valence-electron chi connectivity index (χ1n) is 16.9. The van der Waals surface area contributed by atoms with Crippen molar-refractivity contribution in [1.82, 2.24) is 0 Å². The number of hydrogen-bond donors (Lipinski definition) is 3. The fraction of sp³-hybridized carbons (Fsp3) is 0.366. The second-order valence-electron chi connectivity index (χ2n) is 14.1. The van der Waals surface area contributed by atoms with Gasteiger partial charge in [-0.3, -0.25) is 0 Å². The number of aromatic hydroxyl groups is 1. The molecule has 0 aliphatic heterocycles. The molecule has 0 radical (unpaired) electrons. The minimum Gasteiger partial charge on any atom is -0.508 e. The molecule has 53 heavy (non-hydrogen) atoms. The van der Waals surface area contributed by atoms with E-state index in [2.05, 4.69) is 13.8 Å². The lowest BCUT2D eigenvalue weighted by molar-refractivity contribution is -0.157. The number of carboxylic acid groups (broad SMARTS) is 1. The van der Waals surface area contributed by atoms with E-state index in [0.717, 1.165) is 22.3 Å². The van der Waals surface area contributed by atoms with E-state index in [1.807, 2.05) is 51.1 Å². The summed E-state index contributed by atoms with van der Waals surface area (Å²) in [6.45, 7) is 14.9. The smallest absolute Gasteiger partial charge is 0.344 e. The van der Waals surface area contributed by atoms with Crippen molar-refractivity contribution in [3.63, 3.8) is 0 Å². The van der Waals surface area contributed by atoms with Crippen molar-refractivity contribution in [3.05, 3.63) is 120 Å². The van der Waals surface area contributed by atoms with E-state index >= 15 is 0 Å². The predicted molar refractivity (Wildman–Crippen MR) is 212 cm³/mol. The highest BCUT2D eigenvalue weighted by atomic mass is 35.5. The predicted octanol–water partition coefficient (Wildman–Crippen LogP) is 11.1. The number of benzene rings is 4. The van der Waals surface area contributed by atoms with Gasteiger partial charge in [-0.1, -0.05) is 104 Å². The lowest BCUT2D eigenvalue weighted by atomic mass is 9.92. The summed E-state index contributed by atoms with van der Waals surface area (Å²) in [6, 6.07) is 17.4. The highest BCUT2D eigenvalue weighted by Crippen LogP contribution is 2.39. The molecule has 0 aliphatic rings. The molecule has 12 heteroatoms. The van der Waals surface area contributed by atoms with Crippen molar-refractivity contribution in [2.75, 3.05) is 13.2 Å². The van der Waals surface area contributed by atoms with Gasteiger partial charge < -0.3 is 29.5 Å². The molecule has 3 N–H and O–H groups in total. The van der Waals surface area contributed by atoms with Crippen LogP contribution in [0.4, 0.5) is 0 Å². The summed E-state index contributed by atoms with van der Waals surface area (Å²) in [6.07, 6.45) is -0.482. The van der Waals surface area contributed by atoms with Gasteiger partial charge in [0, 0.05) is 22.0 Å². The van der Waals surface area contributed by atoms with Crippen molar-refractivity contribution in [3.8, 4) is 17.2 Å². The van der Waals surface area contributed by atoms with Crippen LogP contribution in [0.1, 0.15) is 105 Å². The van der Waals surface area contributed by atoms with Gasteiger partial charge in [0.2, 0.25) is 0 Å². The zero-order valence-corrected chi connectivity index (χ0v) is 34.0. The summed E-state index contributed by atoms with van der Waals surface area (Å²) in [5.74, 6) is -0.132. The molecule has 1 unspecified atom stereocenters. The number of aliphatic hydroxyl groups is 1. The SMILES string of the molecule is CC(C)c1cc(Cc2c(Cl)cc(OCC(=O)O)cc2Cl)ccc1O.Cc1ccc(C(O)c2c(Cl)cc(OCC(=O)OC(C)(C)C)cc2Cl)cc1C(C)C. The van der Waals surface area contributed by atoms with Crippen molar-refractivity contribution in [2.24, 2.45) is 0 Å². The number of carboxylic acids is 1. The fourth-order valence-corrected chi connectivity index (χ4v) is 6.67. The highest BCUT2D eigenvalue weighted by molar-refractivity contribution is 6.37.